The van der Waals surface area contributed by atoms with Crippen molar-refractivity contribution in [2.24, 2.45) is 0 Å². The molecular weight excluding hydrogens is 346 g/mol. The number of rotatable bonds is 5. The summed E-state index contributed by atoms with van der Waals surface area (Å²) in [6, 6.07) is 3.97. The van der Waals surface area contributed by atoms with E-state index in [0.717, 1.165) is 43.1 Å². The van der Waals surface area contributed by atoms with E-state index in [2.05, 4.69) is 19.7 Å². The molecule has 25 heavy (non-hydrogen) atoms. The Balaban J connectivity index is 1.60. The lowest BCUT2D eigenvalue weighted by Gasteiger charge is -2.28. The molecule has 1 saturated carbocycles. The average molecular weight is 366 g/mol. The van der Waals surface area contributed by atoms with E-state index in [1.807, 2.05) is 6.92 Å². The Kier molecular flexibility index (Phi) is 4.64. The maximum Gasteiger partial charge on any atom is 0.228 e. The fraction of sp³-hybridized carbons (Fsp3) is 0.529. The first-order chi connectivity index (χ1) is 12.1. The third-order valence-corrected chi connectivity index (χ3v) is 5.63. The van der Waals surface area contributed by atoms with Gasteiger partial charge in [-0.1, -0.05) is 11.8 Å². The number of ether oxygens (including phenoxy) is 1. The van der Waals surface area contributed by atoms with Gasteiger partial charge in [-0.3, -0.25) is 4.57 Å². The van der Waals surface area contributed by atoms with Crippen LogP contribution in [-0.4, -0.2) is 41.1 Å². The Morgan fingerprint density at radius 2 is 1.96 bits per heavy atom. The summed E-state index contributed by atoms with van der Waals surface area (Å²) in [5.74, 6) is 0.0361. The number of morpholine rings is 1. The smallest absolute Gasteiger partial charge is 0.228 e. The number of thioether (sulfide) groups is 1. The Morgan fingerprint density at radius 1 is 1.20 bits per heavy atom. The first-order valence-electron chi connectivity index (χ1n) is 8.52. The standard InChI is InChI=1S/C17H20F2N4OS/c1-11(14-10-12(18)2-5-15(14)19)25-17-21-20-16(23(17)13-3-4-13)22-6-8-24-9-7-22/h2,5,10-11,13H,3-4,6-9H2,1H3. The molecule has 1 atom stereocenters. The zero-order valence-corrected chi connectivity index (χ0v) is 14.8. The number of hydrogen-bond acceptors (Lipinski definition) is 5. The lowest BCUT2D eigenvalue weighted by molar-refractivity contribution is 0.121. The zero-order valence-electron chi connectivity index (χ0n) is 14.0. The van der Waals surface area contributed by atoms with E-state index in [9.17, 15) is 8.78 Å². The van der Waals surface area contributed by atoms with Crippen molar-refractivity contribution in [3.05, 3.63) is 35.4 Å². The van der Waals surface area contributed by atoms with Gasteiger partial charge in [0, 0.05) is 29.9 Å². The monoisotopic (exact) mass is 366 g/mol. The zero-order chi connectivity index (χ0) is 17.4. The van der Waals surface area contributed by atoms with Gasteiger partial charge < -0.3 is 9.64 Å². The van der Waals surface area contributed by atoms with Crippen molar-refractivity contribution < 1.29 is 13.5 Å². The molecule has 134 valence electrons. The van der Waals surface area contributed by atoms with Crippen LogP contribution < -0.4 is 4.90 Å². The van der Waals surface area contributed by atoms with Crippen LogP contribution in [0, 0.1) is 11.6 Å². The molecule has 0 radical (unpaired) electrons. The molecule has 1 unspecified atom stereocenters. The second-order valence-corrected chi connectivity index (χ2v) is 7.72. The van der Waals surface area contributed by atoms with Gasteiger partial charge in [-0.05, 0) is 38.0 Å². The Morgan fingerprint density at radius 3 is 2.68 bits per heavy atom. The Bertz CT molecular complexity index is 759. The molecule has 1 aromatic heterocycles. The fourth-order valence-corrected chi connectivity index (χ4v) is 4.08. The van der Waals surface area contributed by atoms with Crippen LogP contribution in [0.5, 0.6) is 0 Å². The summed E-state index contributed by atoms with van der Waals surface area (Å²) in [6.07, 6.45) is 2.21. The van der Waals surface area contributed by atoms with Crippen molar-refractivity contribution in [1.82, 2.24) is 14.8 Å². The summed E-state index contributed by atoms with van der Waals surface area (Å²) >= 11 is 1.42. The van der Waals surface area contributed by atoms with Gasteiger partial charge in [0.1, 0.15) is 11.6 Å². The molecule has 1 aromatic carbocycles. The van der Waals surface area contributed by atoms with Crippen LogP contribution >= 0.6 is 11.8 Å². The molecule has 2 heterocycles. The van der Waals surface area contributed by atoms with Gasteiger partial charge in [0.05, 0.1) is 13.2 Å². The van der Waals surface area contributed by atoms with E-state index in [4.69, 9.17) is 4.74 Å². The molecule has 4 rings (SSSR count). The molecular formula is C17H20F2N4OS. The number of hydrogen-bond donors (Lipinski definition) is 0. The quantitative estimate of drug-likeness (QED) is 0.757. The van der Waals surface area contributed by atoms with Gasteiger partial charge in [-0.15, -0.1) is 10.2 Å². The van der Waals surface area contributed by atoms with Crippen molar-refractivity contribution >= 4 is 17.7 Å². The van der Waals surface area contributed by atoms with E-state index >= 15 is 0 Å². The second-order valence-electron chi connectivity index (χ2n) is 6.41. The molecule has 2 aromatic rings. The highest BCUT2D eigenvalue weighted by atomic mass is 32.2. The molecule has 0 spiro atoms. The van der Waals surface area contributed by atoms with Crippen LogP contribution in [0.4, 0.5) is 14.7 Å². The predicted molar refractivity (Wildman–Crippen MR) is 92.0 cm³/mol. The number of benzene rings is 1. The minimum absolute atomic E-state index is 0.255. The van der Waals surface area contributed by atoms with Gasteiger partial charge in [0.15, 0.2) is 5.16 Å². The molecule has 2 fully saturated rings. The number of halogens is 2. The van der Waals surface area contributed by atoms with E-state index in [-0.39, 0.29) is 5.25 Å². The van der Waals surface area contributed by atoms with Crippen LogP contribution in [0.3, 0.4) is 0 Å². The Labute approximate surface area is 149 Å². The molecule has 1 aliphatic heterocycles. The maximum absolute atomic E-state index is 14.0. The largest absolute Gasteiger partial charge is 0.378 e. The summed E-state index contributed by atoms with van der Waals surface area (Å²) in [5, 5.41) is 9.24. The fourth-order valence-electron chi connectivity index (χ4n) is 3.03. The van der Waals surface area contributed by atoms with Gasteiger partial charge in [0.25, 0.3) is 0 Å². The number of anilines is 1. The molecule has 0 N–H and O–H groups in total. The van der Waals surface area contributed by atoms with Gasteiger partial charge in [-0.25, -0.2) is 8.78 Å². The van der Waals surface area contributed by atoms with E-state index < -0.39 is 11.6 Å². The van der Waals surface area contributed by atoms with Crippen LogP contribution in [-0.2, 0) is 4.74 Å². The summed E-state index contributed by atoms with van der Waals surface area (Å²) in [4.78, 5) is 2.19. The summed E-state index contributed by atoms with van der Waals surface area (Å²) in [5.41, 5.74) is 0.350. The average Bonchev–Trinajstić information content (AvgIpc) is 3.38. The van der Waals surface area contributed by atoms with Crippen LogP contribution in [0.25, 0.3) is 0 Å². The minimum Gasteiger partial charge on any atom is -0.378 e. The molecule has 1 aliphatic carbocycles. The van der Waals surface area contributed by atoms with Gasteiger partial charge in [0.2, 0.25) is 5.95 Å². The van der Waals surface area contributed by atoms with Crippen molar-refractivity contribution in [2.75, 3.05) is 31.2 Å². The first kappa shape index (κ1) is 16.8. The van der Waals surface area contributed by atoms with E-state index in [1.165, 1.54) is 23.9 Å². The van der Waals surface area contributed by atoms with E-state index in [0.29, 0.717) is 24.8 Å². The molecule has 1 saturated heterocycles. The van der Waals surface area contributed by atoms with Crippen molar-refractivity contribution in [3.63, 3.8) is 0 Å². The summed E-state index contributed by atoms with van der Waals surface area (Å²) in [7, 11) is 0. The molecule has 5 nitrogen and oxygen atoms in total. The lowest BCUT2D eigenvalue weighted by atomic mass is 10.1. The summed E-state index contributed by atoms with van der Waals surface area (Å²) in [6.45, 7) is 4.83. The van der Waals surface area contributed by atoms with Crippen molar-refractivity contribution in [3.8, 4) is 0 Å². The third kappa shape index (κ3) is 3.50. The SMILES string of the molecule is CC(Sc1nnc(N2CCOCC2)n1C1CC1)c1cc(F)ccc1F. The van der Waals surface area contributed by atoms with Crippen molar-refractivity contribution in [2.45, 2.75) is 36.2 Å². The molecule has 2 aliphatic rings. The number of aromatic nitrogens is 3. The maximum atomic E-state index is 14.0. The molecule has 8 heteroatoms. The number of nitrogens with zero attached hydrogens (tertiary/aromatic N) is 4. The summed E-state index contributed by atoms with van der Waals surface area (Å²) < 4.78 is 35.1. The van der Waals surface area contributed by atoms with E-state index in [1.54, 1.807) is 0 Å². The highest BCUT2D eigenvalue weighted by Gasteiger charge is 2.33. The lowest BCUT2D eigenvalue weighted by Crippen LogP contribution is -2.38. The normalized spacial score (nSPS) is 19.2. The van der Waals surface area contributed by atoms with Gasteiger partial charge >= 0.3 is 0 Å². The first-order valence-corrected chi connectivity index (χ1v) is 9.40. The highest BCUT2D eigenvalue weighted by Crippen LogP contribution is 2.44. The Hall–Kier alpha value is -1.67. The third-order valence-electron chi connectivity index (χ3n) is 4.53. The van der Waals surface area contributed by atoms with Crippen LogP contribution in [0.15, 0.2) is 23.4 Å². The second kappa shape index (κ2) is 6.92. The molecule has 0 bridgehead atoms. The van der Waals surface area contributed by atoms with Crippen LogP contribution in [0.2, 0.25) is 0 Å². The van der Waals surface area contributed by atoms with Crippen LogP contribution in [0.1, 0.15) is 36.6 Å². The molecule has 0 amide bonds. The highest BCUT2D eigenvalue weighted by molar-refractivity contribution is 7.99. The van der Waals surface area contributed by atoms with Crippen molar-refractivity contribution in [1.29, 1.82) is 0 Å². The van der Waals surface area contributed by atoms with Gasteiger partial charge in [-0.2, -0.15) is 0 Å². The topological polar surface area (TPSA) is 43.2 Å². The predicted octanol–water partition coefficient (Wildman–Crippen LogP) is 3.58. The minimum atomic E-state index is -0.429.